The van der Waals surface area contributed by atoms with Crippen molar-refractivity contribution in [2.45, 2.75) is 26.4 Å². The highest BCUT2D eigenvalue weighted by atomic mass is 19.1. The lowest BCUT2D eigenvalue weighted by Gasteiger charge is -2.27. The highest BCUT2D eigenvalue weighted by molar-refractivity contribution is 5.74. The third kappa shape index (κ3) is 4.50. The van der Waals surface area contributed by atoms with Crippen LogP contribution in [-0.4, -0.2) is 23.0 Å². The molecule has 0 spiro atoms. The number of benzene rings is 1. The van der Waals surface area contributed by atoms with Gasteiger partial charge in [-0.1, -0.05) is 19.9 Å². The largest absolute Gasteiger partial charge is 0.331 e. The summed E-state index contributed by atoms with van der Waals surface area (Å²) in [6.07, 6.45) is 3.32. The first-order valence-corrected chi connectivity index (χ1v) is 7.74. The minimum atomic E-state index is -0.661. The van der Waals surface area contributed by atoms with Crippen LogP contribution in [0.5, 0.6) is 0 Å². The van der Waals surface area contributed by atoms with Crippen molar-refractivity contribution >= 4 is 6.03 Å². The number of urea groups is 1. The molecule has 6 heteroatoms. The van der Waals surface area contributed by atoms with Crippen LogP contribution in [0.4, 0.5) is 13.6 Å². The molecule has 0 aliphatic carbocycles. The number of pyridine rings is 1. The van der Waals surface area contributed by atoms with E-state index in [-0.39, 0.29) is 17.5 Å². The Kier molecular flexibility index (Phi) is 5.84. The van der Waals surface area contributed by atoms with Crippen molar-refractivity contribution < 1.29 is 13.6 Å². The molecule has 2 amide bonds. The maximum atomic E-state index is 14.0. The second-order valence-electron chi connectivity index (χ2n) is 6.05. The third-order valence-corrected chi connectivity index (χ3v) is 3.76. The molecule has 2 rings (SSSR count). The first-order valence-electron chi connectivity index (χ1n) is 7.74. The molecule has 1 atom stereocenters. The van der Waals surface area contributed by atoms with E-state index in [1.54, 1.807) is 19.4 Å². The molecule has 1 heterocycles. The number of carbonyl (C=O) groups excluding carboxylic acids is 1. The summed E-state index contributed by atoms with van der Waals surface area (Å²) in [4.78, 5) is 17.9. The molecule has 1 N–H and O–H groups in total. The number of nitrogens with one attached hydrogen (secondary N) is 1. The number of hydrogen-bond acceptors (Lipinski definition) is 2. The molecule has 0 radical (unpaired) electrons. The Morgan fingerprint density at radius 1 is 1.21 bits per heavy atom. The molecule has 24 heavy (non-hydrogen) atoms. The quantitative estimate of drug-likeness (QED) is 0.902. The molecule has 0 fully saturated rings. The van der Waals surface area contributed by atoms with Gasteiger partial charge in [0.25, 0.3) is 0 Å². The SMILES string of the molecule is CC(C)[C@H](NC(=O)N(C)Cc1ccncc1)c1ccc(F)cc1F. The summed E-state index contributed by atoms with van der Waals surface area (Å²) in [5.74, 6) is -1.35. The van der Waals surface area contributed by atoms with Gasteiger partial charge in [-0.05, 0) is 29.7 Å². The van der Waals surface area contributed by atoms with Crippen LogP contribution in [0.3, 0.4) is 0 Å². The molecule has 1 aromatic heterocycles. The number of amides is 2. The Hall–Kier alpha value is -2.50. The molecule has 0 aliphatic heterocycles. The monoisotopic (exact) mass is 333 g/mol. The van der Waals surface area contributed by atoms with Crippen molar-refractivity contribution in [3.05, 3.63) is 65.5 Å². The zero-order valence-corrected chi connectivity index (χ0v) is 14.0. The topological polar surface area (TPSA) is 45.2 Å². The van der Waals surface area contributed by atoms with Gasteiger partial charge in [0.05, 0.1) is 6.04 Å². The van der Waals surface area contributed by atoms with Gasteiger partial charge in [-0.3, -0.25) is 4.98 Å². The van der Waals surface area contributed by atoms with Crippen molar-refractivity contribution in [2.24, 2.45) is 5.92 Å². The van der Waals surface area contributed by atoms with Gasteiger partial charge in [-0.25, -0.2) is 13.6 Å². The summed E-state index contributed by atoms with van der Waals surface area (Å²) in [5.41, 5.74) is 1.22. The summed E-state index contributed by atoms with van der Waals surface area (Å²) in [5, 5.41) is 2.82. The number of carbonyl (C=O) groups is 1. The smallest absolute Gasteiger partial charge is 0.317 e. The lowest BCUT2D eigenvalue weighted by molar-refractivity contribution is 0.198. The Balaban J connectivity index is 2.11. The Labute approximate surface area is 140 Å². The number of aromatic nitrogens is 1. The second-order valence-corrected chi connectivity index (χ2v) is 6.05. The van der Waals surface area contributed by atoms with Crippen LogP contribution in [0.25, 0.3) is 0 Å². The van der Waals surface area contributed by atoms with Gasteiger partial charge in [0.15, 0.2) is 0 Å². The second kappa shape index (κ2) is 7.86. The van der Waals surface area contributed by atoms with Crippen LogP contribution >= 0.6 is 0 Å². The molecule has 1 aromatic carbocycles. The fourth-order valence-electron chi connectivity index (χ4n) is 2.43. The third-order valence-electron chi connectivity index (χ3n) is 3.76. The first kappa shape index (κ1) is 17.8. The molecule has 0 saturated carbocycles. The van der Waals surface area contributed by atoms with E-state index in [2.05, 4.69) is 10.3 Å². The van der Waals surface area contributed by atoms with Gasteiger partial charge in [0, 0.05) is 37.6 Å². The van der Waals surface area contributed by atoms with Crippen molar-refractivity contribution in [1.82, 2.24) is 15.2 Å². The predicted molar refractivity (Wildman–Crippen MR) is 88.2 cm³/mol. The average Bonchev–Trinajstić information content (AvgIpc) is 2.53. The number of halogens is 2. The van der Waals surface area contributed by atoms with Gasteiger partial charge < -0.3 is 10.2 Å². The van der Waals surface area contributed by atoms with Crippen molar-refractivity contribution in [2.75, 3.05) is 7.05 Å². The minimum absolute atomic E-state index is 0.0526. The first-order chi connectivity index (χ1) is 11.4. The van der Waals surface area contributed by atoms with Gasteiger partial charge in [0.1, 0.15) is 11.6 Å². The van der Waals surface area contributed by atoms with Gasteiger partial charge in [-0.15, -0.1) is 0 Å². The van der Waals surface area contributed by atoms with Gasteiger partial charge >= 0.3 is 6.03 Å². The van der Waals surface area contributed by atoms with Crippen molar-refractivity contribution in [1.29, 1.82) is 0 Å². The van der Waals surface area contributed by atoms with Crippen LogP contribution in [0.15, 0.2) is 42.7 Å². The predicted octanol–water partition coefficient (Wildman–Crippen LogP) is 3.90. The highest BCUT2D eigenvalue weighted by Gasteiger charge is 2.23. The standard InChI is InChI=1S/C18H21F2N3O/c1-12(2)17(15-5-4-14(19)10-16(15)20)22-18(24)23(3)11-13-6-8-21-9-7-13/h4-10,12,17H,11H2,1-3H3,(H,22,24)/t17-/m0/s1. The lowest BCUT2D eigenvalue weighted by Crippen LogP contribution is -2.40. The molecule has 0 aliphatic rings. The average molecular weight is 333 g/mol. The van der Waals surface area contributed by atoms with Gasteiger partial charge in [-0.2, -0.15) is 0 Å². The molecular weight excluding hydrogens is 312 g/mol. The van der Waals surface area contributed by atoms with E-state index >= 15 is 0 Å². The Morgan fingerprint density at radius 2 is 1.88 bits per heavy atom. The fourth-order valence-corrected chi connectivity index (χ4v) is 2.43. The molecule has 0 unspecified atom stereocenters. The molecule has 0 saturated heterocycles. The van der Waals surface area contributed by atoms with Crippen LogP contribution in [0, 0.1) is 17.6 Å². The molecule has 0 bridgehead atoms. The molecular formula is C18H21F2N3O. The number of rotatable bonds is 5. The van der Waals surface area contributed by atoms with Crippen LogP contribution < -0.4 is 5.32 Å². The summed E-state index contributed by atoms with van der Waals surface area (Å²) >= 11 is 0. The van der Waals surface area contributed by atoms with Crippen LogP contribution in [0.1, 0.15) is 31.0 Å². The zero-order valence-electron chi connectivity index (χ0n) is 14.0. The fraction of sp³-hybridized carbons (Fsp3) is 0.333. The summed E-state index contributed by atoms with van der Waals surface area (Å²) in [6, 6.07) is 6.18. The van der Waals surface area contributed by atoms with E-state index in [4.69, 9.17) is 0 Å². The van der Waals surface area contributed by atoms with E-state index in [0.29, 0.717) is 6.54 Å². The summed E-state index contributed by atoms with van der Waals surface area (Å²) in [6.45, 7) is 4.15. The number of nitrogens with zero attached hydrogens (tertiary/aromatic N) is 2. The molecule has 128 valence electrons. The lowest BCUT2D eigenvalue weighted by atomic mass is 9.95. The van der Waals surface area contributed by atoms with Crippen molar-refractivity contribution in [3.8, 4) is 0 Å². The van der Waals surface area contributed by atoms with Crippen LogP contribution in [0.2, 0.25) is 0 Å². The number of hydrogen-bond donors (Lipinski definition) is 1. The summed E-state index contributed by atoms with van der Waals surface area (Å²) < 4.78 is 27.2. The van der Waals surface area contributed by atoms with Crippen molar-refractivity contribution in [3.63, 3.8) is 0 Å². The maximum Gasteiger partial charge on any atom is 0.317 e. The van der Waals surface area contributed by atoms with Gasteiger partial charge in [0.2, 0.25) is 0 Å². The normalized spacial score (nSPS) is 12.1. The maximum absolute atomic E-state index is 14.0. The molecule has 4 nitrogen and oxygen atoms in total. The van der Waals surface area contributed by atoms with E-state index < -0.39 is 17.7 Å². The Bertz CT molecular complexity index is 692. The van der Waals surface area contributed by atoms with E-state index in [1.807, 2.05) is 26.0 Å². The van der Waals surface area contributed by atoms with E-state index in [9.17, 15) is 13.6 Å². The summed E-state index contributed by atoms with van der Waals surface area (Å²) in [7, 11) is 1.66. The minimum Gasteiger partial charge on any atom is -0.331 e. The Morgan fingerprint density at radius 3 is 2.46 bits per heavy atom. The van der Waals surface area contributed by atoms with E-state index in [1.165, 1.54) is 17.0 Å². The zero-order chi connectivity index (χ0) is 17.7. The van der Waals surface area contributed by atoms with E-state index in [0.717, 1.165) is 11.6 Å². The van der Waals surface area contributed by atoms with Crippen LogP contribution in [-0.2, 0) is 6.54 Å². The highest BCUT2D eigenvalue weighted by Crippen LogP contribution is 2.25. The molecule has 2 aromatic rings.